The van der Waals surface area contributed by atoms with Crippen molar-refractivity contribution in [3.63, 3.8) is 0 Å². The number of aromatic nitrogens is 5. The Hall–Kier alpha value is -3.66. The van der Waals surface area contributed by atoms with Crippen molar-refractivity contribution in [2.24, 2.45) is 0 Å². The number of aliphatic hydroxyl groups excluding tert-OH is 1. The molecule has 10 heteroatoms. The maximum Gasteiger partial charge on any atom is 0.316 e. The second-order valence-corrected chi connectivity index (χ2v) is 7.75. The van der Waals surface area contributed by atoms with E-state index in [-0.39, 0.29) is 38.0 Å². The van der Waals surface area contributed by atoms with E-state index in [1.54, 1.807) is 30.7 Å². The quantitative estimate of drug-likeness (QED) is 0.485. The second kappa shape index (κ2) is 10.3. The van der Waals surface area contributed by atoms with Crippen molar-refractivity contribution in [2.45, 2.75) is 25.7 Å². The van der Waals surface area contributed by atoms with Gasteiger partial charge in [-0.1, -0.05) is 0 Å². The smallest absolute Gasteiger partial charge is 0.316 e. The molecule has 0 unspecified atom stereocenters. The maximum atomic E-state index is 12.7. The molecule has 3 heterocycles. The second-order valence-electron chi connectivity index (χ2n) is 7.75. The number of pyridine rings is 1. The first-order chi connectivity index (χ1) is 16.1. The number of aliphatic hydroxyl groups is 1. The summed E-state index contributed by atoms with van der Waals surface area (Å²) in [6, 6.07) is 3.75. The van der Waals surface area contributed by atoms with Gasteiger partial charge in [0.1, 0.15) is 23.9 Å². The third-order valence-corrected chi connectivity index (χ3v) is 5.27. The highest BCUT2D eigenvalue weighted by Crippen LogP contribution is 2.31. The lowest BCUT2D eigenvalue weighted by atomic mass is 10.1. The number of nitrogens with zero attached hydrogens (tertiary/aromatic N) is 6. The van der Waals surface area contributed by atoms with Crippen molar-refractivity contribution < 1.29 is 19.4 Å². The molecule has 10 nitrogen and oxygen atoms in total. The Morgan fingerprint density at radius 1 is 1.18 bits per heavy atom. The summed E-state index contributed by atoms with van der Waals surface area (Å²) >= 11 is 0. The molecule has 0 fully saturated rings. The molecule has 0 saturated heterocycles. The minimum atomic E-state index is -0.0708. The number of rotatable bonds is 10. The van der Waals surface area contributed by atoms with E-state index in [1.165, 1.54) is 7.11 Å². The number of anilines is 1. The minimum absolute atomic E-state index is 0.0238. The first-order valence-corrected chi connectivity index (χ1v) is 10.7. The Balaban J connectivity index is 1.54. The van der Waals surface area contributed by atoms with E-state index in [0.717, 1.165) is 41.9 Å². The average Bonchev–Trinajstić information content (AvgIpc) is 3.31. The van der Waals surface area contributed by atoms with Gasteiger partial charge in [-0.2, -0.15) is 0 Å². The van der Waals surface area contributed by atoms with Crippen molar-refractivity contribution in [1.82, 2.24) is 24.9 Å². The predicted octanol–water partition coefficient (Wildman–Crippen LogP) is 1.44. The van der Waals surface area contributed by atoms with Crippen molar-refractivity contribution in [3.8, 4) is 23.3 Å². The Bertz CT molecular complexity index is 1120. The summed E-state index contributed by atoms with van der Waals surface area (Å²) in [7, 11) is 3.36. The first-order valence-electron chi connectivity index (χ1n) is 10.7. The third kappa shape index (κ3) is 5.40. The number of hydrogen-bond acceptors (Lipinski definition) is 10. The third-order valence-electron chi connectivity index (χ3n) is 5.27. The zero-order valence-electron chi connectivity index (χ0n) is 18.7. The number of hydrogen-bond donors (Lipinski definition) is 1. The van der Waals surface area contributed by atoms with Crippen LogP contribution in [0.15, 0.2) is 30.7 Å². The predicted molar refractivity (Wildman–Crippen MR) is 120 cm³/mol. The molecule has 0 aliphatic heterocycles. The van der Waals surface area contributed by atoms with Crippen molar-refractivity contribution in [1.29, 1.82) is 0 Å². The molecular weight excluding hydrogens is 424 g/mol. The number of methoxy groups -OCH3 is 1. The largest absolute Gasteiger partial charge is 0.491 e. The highest BCUT2D eigenvalue weighted by atomic mass is 16.5. The fourth-order valence-electron chi connectivity index (χ4n) is 3.79. The van der Waals surface area contributed by atoms with Crippen LogP contribution in [0.4, 0.5) is 5.82 Å². The van der Waals surface area contributed by atoms with Crippen molar-refractivity contribution >= 4 is 11.6 Å². The molecule has 1 N–H and O–H groups in total. The van der Waals surface area contributed by atoms with E-state index in [0.29, 0.717) is 17.3 Å². The molecule has 1 aliphatic rings. The molecule has 0 saturated carbocycles. The van der Waals surface area contributed by atoms with Gasteiger partial charge in [0.25, 0.3) is 0 Å². The molecule has 0 bridgehead atoms. The Kier molecular flexibility index (Phi) is 7.04. The summed E-state index contributed by atoms with van der Waals surface area (Å²) in [4.78, 5) is 36.6. The normalized spacial score (nSPS) is 12.3. The van der Waals surface area contributed by atoms with Gasteiger partial charge >= 0.3 is 6.01 Å². The fraction of sp³-hybridized carbons (Fsp3) is 0.391. The minimum Gasteiger partial charge on any atom is -0.491 e. The Labute approximate surface area is 191 Å². The van der Waals surface area contributed by atoms with Crippen LogP contribution in [0.5, 0.6) is 11.8 Å². The molecule has 172 valence electrons. The van der Waals surface area contributed by atoms with E-state index in [1.807, 2.05) is 11.9 Å². The molecule has 0 aromatic carbocycles. The Morgan fingerprint density at radius 3 is 2.76 bits per heavy atom. The van der Waals surface area contributed by atoms with E-state index in [4.69, 9.17) is 24.5 Å². The lowest BCUT2D eigenvalue weighted by molar-refractivity contribution is -0.117. The average molecular weight is 450 g/mol. The summed E-state index contributed by atoms with van der Waals surface area (Å²) in [6.07, 6.45) is 7.79. The summed E-state index contributed by atoms with van der Waals surface area (Å²) < 4.78 is 10.5. The van der Waals surface area contributed by atoms with E-state index < -0.39 is 0 Å². The summed E-state index contributed by atoms with van der Waals surface area (Å²) in [5, 5.41) is 8.99. The number of carbonyl (C=O) groups is 1. The topological polar surface area (TPSA) is 123 Å². The molecular formula is C23H26N6O4. The van der Waals surface area contributed by atoms with Crippen LogP contribution in [0.2, 0.25) is 0 Å². The molecule has 1 aliphatic carbocycles. The van der Waals surface area contributed by atoms with E-state index in [2.05, 4.69) is 15.0 Å². The monoisotopic (exact) mass is 450 g/mol. The number of Topliss-reactive ketones (excluding diaryl/α,β-unsaturated/α-hetero) is 1. The molecule has 3 aromatic heterocycles. The van der Waals surface area contributed by atoms with E-state index in [9.17, 15) is 4.79 Å². The SMILES string of the molecule is COc1ncc(CC(=O)CN(C)c2nc(-c3cc(OCCO)ccn3)nc3c2CCC3)cn1. The molecule has 0 spiro atoms. The summed E-state index contributed by atoms with van der Waals surface area (Å²) in [5.74, 6) is 1.85. The Morgan fingerprint density at radius 2 is 2.00 bits per heavy atom. The van der Waals surface area contributed by atoms with Gasteiger partial charge in [0.15, 0.2) is 11.6 Å². The molecule has 4 rings (SSSR count). The molecule has 0 radical (unpaired) electrons. The lowest BCUT2D eigenvalue weighted by Crippen LogP contribution is -2.29. The zero-order chi connectivity index (χ0) is 23.2. The van der Waals surface area contributed by atoms with Gasteiger partial charge < -0.3 is 19.5 Å². The number of ketones is 1. The van der Waals surface area contributed by atoms with Gasteiger partial charge in [0.2, 0.25) is 0 Å². The van der Waals surface area contributed by atoms with Crippen LogP contribution in [-0.4, -0.2) is 69.7 Å². The van der Waals surface area contributed by atoms with Gasteiger partial charge in [-0.15, -0.1) is 0 Å². The van der Waals surface area contributed by atoms with Crippen LogP contribution < -0.4 is 14.4 Å². The molecule has 3 aromatic rings. The van der Waals surface area contributed by atoms with Gasteiger partial charge in [-0.25, -0.2) is 19.9 Å². The standard InChI is InChI=1S/C23H26N6O4/c1-29(14-16(31)10-15-12-25-23(32-2)26-13-15)22-18-4-3-5-19(18)27-21(28-22)20-11-17(6-7-24-20)33-9-8-30/h6-7,11-13,30H,3-5,8-10,14H2,1-2H3. The maximum absolute atomic E-state index is 12.7. The summed E-state index contributed by atoms with van der Waals surface area (Å²) in [5.41, 5.74) is 3.37. The number of aryl methyl sites for hydroxylation is 1. The molecule has 33 heavy (non-hydrogen) atoms. The van der Waals surface area contributed by atoms with Crippen LogP contribution in [0.3, 0.4) is 0 Å². The van der Waals surface area contributed by atoms with Crippen molar-refractivity contribution in [2.75, 3.05) is 38.8 Å². The molecule has 0 amide bonds. The summed E-state index contributed by atoms with van der Waals surface area (Å²) in [6.45, 7) is 0.324. The highest BCUT2D eigenvalue weighted by molar-refractivity contribution is 5.85. The van der Waals surface area contributed by atoms with Crippen LogP contribution in [0, 0.1) is 0 Å². The van der Waals surface area contributed by atoms with Crippen LogP contribution in [0.1, 0.15) is 23.2 Å². The van der Waals surface area contributed by atoms with E-state index >= 15 is 0 Å². The fourth-order valence-corrected chi connectivity index (χ4v) is 3.79. The van der Waals surface area contributed by atoms with Gasteiger partial charge in [0.05, 0.1) is 20.3 Å². The first kappa shape index (κ1) is 22.5. The number of ether oxygens (including phenoxy) is 2. The zero-order valence-corrected chi connectivity index (χ0v) is 18.7. The highest BCUT2D eigenvalue weighted by Gasteiger charge is 2.23. The van der Waals surface area contributed by atoms with Crippen LogP contribution in [0.25, 0.3) is 11.5 Å². The van der Waals surface area contributed by atoms with Gasteiger partial charge in [-0.3, -0.25) is 9.78 Å². The molecule has 0 atom stereocenters. The lowest BCUT2D eigenvalue weighted by Gasteiger charge is -2.21. The van der Waals surface area contributed by atoms with Gasteiger partial charge in [0, 0.05) is 49.4 Å². The van der Waals surface area contributed by atoms with Crippen molar-refractivity contribution in [3.05, 3.63) is 47.5 Å². The van der Waals surface area contributed by atoms with Crippen LogP contribution in [-0.2, 0) is 24.1 Å². The van der Waals surface area contributed by atoms with Crippen LogP contribution >= 0.6 is 0 Å². The number of likely N-dealkylation sites (N-methyl/N-ethyl adjacent to an activating group) is 1. The van der Waals surface area contributed by atoms with Gasteiger partial charge in [-0.05, 0) is 30.9 Å². The number of fused-ring (bicyclic) bond motifs is 1. The number of carbonyl (C=O) groups excluding carboxylic acids is 1.